The minimum absolute atomic E-state index is 0.706. The number of fused-ring (bicyclic) bond motifs is 6. The summed E-state index contributed by atoms with van der Waals surface area (Å²) in [7, 11) is 0. The molecule has 0 saturated heterocycles. The Labute approximate surface area is 279 Å². The van der Waals surface area contributed by atoms with E-state index in [9.17, 15) is 0 Å². The van der Waals surface area contributed by atoms with Crippen molar-refractivity contribution >= 4 is 37.9 Å². The fraction of sp³-hybridized carbons (Fsp3) is 0.0222. The van der Waals surface area contributed by atoms with E-state index in [0.29, 0.717) is 5.82 Å². The highest BCUT2D eigenvalue weighted by molar-refractivity contribution is 6.25. The molecule has 2 heterocycles. The summed E-state index contributed by atoms with van der Waals surface area (Å²) in [6.07, 6.45) is 6.39. The van der Waals surface area contributed by atoms with Crippen LogP contribution in [0.4, 0.5) is 0 Å². The Bertz CT molecular complexity index is 2510. The molecule has 7 aromatic carbocycles. The highest BCUT2D eigenvalue weighted by Gasteiger charge is 2.15. The third-order valence-electron chi connectivity index (χ3n) is 9.30. The van der Waals surface area contributed by atoms with Gasteiger partial charge in [-0.15, -0.1) is 0 Å². The Balaban J connectivity index is 1.23. The molecule has 9 rings (SSSR count). The van der Waals surface area contributed by atoms with Crippen LogP contribution >= 0.6 is 0 Å². The van der Waals surface area contributed by atoms with Crippen molar-refractivity contribution in [1.29, 1.82) is 0 Å². The molecule has 0 spiro atoms. The number of hydrogen-bond acceptors (Lipinski definition) is 3. The fourth-order valence-electron chi connectivity index (χ4n) is 6.89. The Morgan fingerprint density at radius 3 is 1.62 bits per heavy atom. The molecule has 48 heavy (non-hydrogen) atoms. The molecular weight excluding hydrogens is 583 g/mol. The fourth-order valence-corrected chi connectivity index (χ4v) is 6.89. The van der Waals surface area contributed by atoms with E-state index in [-0.39, 0.29) is 0 Å². The van der Waals surface area contributed by atoms with Gasteiger partial charge in [0, 0.05) is 29.4 Å². The first kappa shape index (κ1) is 27.9. The predicted molar refractivity (Wildman–Crippen MR) is 201 cm³/mol. The molecule has 1 aromatic heterocycles. The zero-order valence-electron chi connectivity index (χ0n) is 26.3. The summed E-state index contributed by atoms with van der Waals surface area (Å²) in [4.78, 5) is 10.5. The number of hydrogen-bond donors (Lipinski definition) is 1. The van der Waals surface area contributed by atoms with Crippen molar-refractivity contribution in [3.63, 3.8) is 0 Å². The summed E-state index contributed by atoms with van der Waals surface area (Å²) < 4.78 is 0. The van der Waals surface area contributed by atoms with Gasteiger partial charge in [-0.1, -0.05) is 146 Å². The van der Waals surface area contributed by atoms with Crippen molar-refractivity contribution in [2.45, 2.75) is 0 Å². The van der Waals surface area contributed by atoms with Crippen LogP contribution in [-0.2, 0) is 0 Å². The lowest BCUT2D eigenvalue weighted by atomic mass is 9.93. The van der Waals surface area contributed by atoms with Gasteiger partial charge in [-0.2, -0.15) is 0 Å². The molecule has 3 nitrogen and oxygen atoms in total. The van der Waals surface area contributed by atoms with E-state index in [0.717, 1.165) is 45.8 Å². The second-order valence-corrected chi connectivity index (χ2v) is 12.2. The zero-order chi connectivity index (χ0) is 31.9. The number of aromatic nitrogens is 2. The van der Waals surface area contributed by atoms with Gasteiger partial charge in [0.2, 0.25) is 0 Å². The van der Waals surface area contributed by atoms with E-state index in [2.05, 4.69) is 169 Å². The van der Waals surface area contributed by atoms with E-state index in [4.69, 9.17) is 9.97 Å². The van der Waals surface area contributed by atoms with Crippen LogP contribution in [0.3, 0.4) is 0 Å². The van der Waals surface area contributed by atoms with Crippen molar-refractivity contribution < 1.29 is 0 Å². The molecule has 1 aliphatic heterocycles. The lowest BCUT2D eigenvalue weighted by Crippen LogP contribution is -2.08. The number of rotatable bonds is 5. The third-order valence-corrected chi connectivity index (χ3v) is 9.30. The summed E-state index contributed by atoms with van der Waals surface area (Å²) in [5.41, 5.74) is 9.55. The standard InChI is InChI=1S/C45H31N3/c1-2-10-30(11-3-1)31-19-21-32(22-20-31)43-28-44(34-13-8-12-33(26-34)36-14-9-25-46-29-36)48-45(47-43)35-23-24-41-39-17-5-4-15-37(39)38-16-6-7-18-40(38)42(41)27-35/h1-24,26-29,46H,25H2. The lowest BCUT2D eigenvalue weighted by Gasteiger charge is -2.14. The SMILES string of the molecule is C1=CC(c2cccc(-c3cc(-c4ccc(-c5ccccc5)cc4)nc(-c4ccc5c6ccccc6c6ccccc6c5c4)n3)c2)=CNC1. The minimum atomic E-state index is 0.706. The van der Waals surface area contributed by atoms with E-state index >= 15 is 0 Å². The number of allylic oxidation sites excluding steroid dienone is 2. The largest absolute Gasteiger partial charge is 0.387 e. The van der Waals surface area contributed by atoms with E-state index < -0.39 is 0 Å². The van der Waals surface area contributed by atoms with Crippen molar-refractivity contribution in [3.05, 3.63) is 176 Å². The maximum atomic E-state index is 5.24. The van der Waals surface area contributed by atoms with Gasteiger partial charge in [0.05, 0.1) is 11.4 Å². The highest BCUT2D eigenvalue weighted by atomic mass is 14.9. The van der Waals surface area contributed by atoms with Crippen molar-refractivity contribution in [3.8, 4) is 45.0 Å². The molecule has 0 atom stereocenters. The van der Waals surface area contributed by atoms with Crippen molar-refractivity contribution in [2.75, 3.05) is 6.54 Å². The molecule has 0 radical (unpaired) electrons. The molecule has 3 heteroatoms. The zero-order valence-corrected chi connectivity index (χ0v) is 26.3. The second-order valence-electron chi connectivity index (χ2n) is 12.2. The van der Waals surface area contributed by atoms with Gasteiger partial charge >= 0.3 is 0 Å². The first-order chi connectivity index (χ1) is 23.8. The molecule has 1 N–H and O–H groups in total. The summed E-state index contributed by atoms with van der Waals surface area (Å²) in [5.74, 6) is 0.706. The summed E-state index contributed by atoms with van der Waals surface area (Å²) in [5, 5.41) is 10.8. The highest BCUT2D eigenvalue weighted by Crippen LogP contribution is 2.37. The molecule has 1 aliphatic rings. The van der Waals surface area contributed by atoms with Crippen LogP contribution in [-0.4, -0.2) is 16.5 Å². The first-order valence-electron chi connectivity index (χ1n) is 16.4. The molecule has 226 valence electrons. The summed E-state index contributed by atoms with van der Waals surface area (Å²) >= 11 is 0. The number of nitrogens with zero attached hydrogens (tertiary/aromatic N) is 2. The quantitative estimate of drug-likeness (QED) is 0.196. The predicted octanol–water partition coefficient (Wildman–Crippen LogP) is 11.1. The topological polar surface area (TPSA) is 37.8 Å². The Hall–Kier alpha value is -6.32. The molecule has 0 unspecified atom stereocenters. The van der Waals surface area contributed by atoms with Crippen LogP contribution in [0.2, 0.25) is 0 Å². The molecule has 0 saturated carbocycles. The molecule has 0 amide bonds. The molecule has 8 aromatic rings. The Kier molecular flexibility index (Phi) is 6.87. The molecular formula is C45H31N3. The molecule has 0 aliphatic carbocycles. The smallest absolute Gasteiger partial charge is 0.160 e. The van der Waals surface area contributed by atoms with Crippen molar-refractivity contribution in [2.24, 2.45) is 0 Å². The second kappa shape index (κ2) is 11.8. The Morgan fingerprint density at radius 1 is 0.396 bits per heavy atom. The van der Waals surface area contributed by atoms with Gasteiger partial charge in [0.25, 0.3) is 0 Å². The average Bonchev–Trinajstić information content (AvgIpc) is 3.18. The van der Waals surface area contributed by atoms with Crippen molar-refractivity contribution in [1.82, 2.24) is 15.3 Å². The maximum absolute atomic E-state index is 5.24. The maximum Gasteiger partial charge on any atom is 0.160 e. The third kappa shape index (κ3) is 5.03. The van der Waals surface area contributed by atoms with Gasteiger partial charge < -0.3 is 5.32 Å². The van der Waals surface area contributed by atoms with Gasteiger partial charge in [-0.3, -0.25) is 0 Å². The first-order valence-corrected chi connectivity index (χ1v) is 16.4. The van der Waals surface area contributed by atoms with Crippen LogP contribution in [0, 0.1) is 0 Å². The van der Waals surface area contributed by atoms with Gasteiger partial charge in [0.15, 0.2) is 5.82 Å². The normalized spacial score (nSPS) is 12.7. The Morgan fingerprint density at radius 2 is 0.938 bits per heavy atom. The summed E-state index contributed by atoms with van der Waals surface area (Å²) in [6.45, 7) is 0.849. The van der Waals surface area contributed by atoms with E-state index in [1.807, 2.05) is 6.07 Å². The minimum Gasteiger partial charge on any atom is -0.387 e. The van der Waals surface area contributed by atoms with Crippen LogP contribution in [0.5, 0.6) is 0 Å². The van der Waals surface area contributed by atoms with E-state index in [1.165, 1.54) is 43.4 Å². The van der Waals surface area contributed by atoms with Gasteiger partial charge in [0.1, 0.15) is 0 Å². The van der Waals surface area contributed by atoms with Crippen LogP contribution in [0.25, 0.3) is 82.9 Å². The number of nitrogens with one attached hydrogen (secondary N) is 1. The van der Waals surface area contributed by atoms with Gasteiger partial charge in [-0.25, -0.2) is 9.97 Å². The van der Waals surface area contributed by atoms with Crippen LogP contribution in [0.15, 0.2) is 170 Å². The van der Waals surface area contributed by atoms with E-state index in [1.54, 1.807) is 0 Å². The number of benzene rings is 7. The monoisotopic (exact) mass is 613 g/mol. The van der Waals surface area contributed by atoms with Gasteiger partial charge in [-0.05, 0) is 72.8 Å². The van der Waals surface area contributed by atoms with Crippen LogP contribution in [0.1, 0.15) is 5.56 Å². The molecule has 0 fully saturated rings. The summed E-state index contributed by atoms with van der Waals surface area (Å²) in [6, 6.07) is 53.9. The molecule has 0 bridgehead atoms. The average molecular weight is 614 g/mol. The van der Waals surface area contributed by atoms with Crippen LogP contribution < -0.4 is 5.32 Å². The lowest BCUT2D eigenvalue weighted by molar-refractivity contribution is 0.976. The number of dihydropyridines is 1.